The zero-order chi connectivity index (χ0) is 18.4. The molecule has 0 bridgehead atoms. The molecule has 3 rings (SSSR count). The van der Waals surface area contributed by atoms with Crippen LogP contribution in [0.5, 0.6) is 0 Å². The molecule has 0 saturated carbocycles. The lowest BCUT2D eigenvalue weighted by Crippen LogP contribution is -2.37. The van der Waals surface area contributed by atoms with Crippen molar-refractivity contribution in [1.82, 2.24) is 5.32 Å². The Kier molecular flexibility index (Phi) is 5.54. The van der Waals surface area contributed by atoms with Crippen molar-refractivity contribution < 1.29 is 4.79 Å². The molecule has 0 unspecified atom stereocenters. The van der Waals surface area contributed by atoms with Crippen LogP contribution in [0.1, 0.15) is 11.1 Å². The first-order chi connectivity index (χ1) is 12.6. The van der Waals surface area contributed by atoms with Gasteiger partial charge in [0.05, 0.1) is 11.4 Å². The number of rotatable bonds is 5. The van der Waals surface area contributed by atoms with Crippen LogP contribution in [0, 0.1) is 6.92 Å². The Morgan fingerprint density at radius 1 is 0.885 bits per heavy atom. The average molecular weight is 345 g/mol. The summed E-state index contributed by atoms with van der Waals surface area (Å²) in [4.78, 5) is 14.5. The van der Waals surface area contributed by atoms with Crippen molar-refractivity contribution in [2.75, 3.05) is 17.2 Å². The molecule has 0 aliphatic carbocycles. The molecule has 3 N–H and O–H groups in total. The first-order valence-electron chi connectivity index (χ1n) is 8.67. The number of nitrogens with two attached hydrogens (primary N) is 1. The van der Waals surface area contributed by atoms with Gasteiger partial charge in [0.1, 0.15) is 0 Å². The maximum Gasteiger partial charge on any atom is 0.326 e. The molecule has 0 spiro atoms. The minimum atomic E-state index is -0.159. The highest BCUT2D eigenvalue weighted by molar-refractivity contribution is 5.99. The first kappa shape index (κ1) is 17.5. The summed E-state index contributed by atoms with van der Waals surface area (Å²) in [7, 11) is 0. The van der Waals surface area contributed by atoms with E-state index in [0.29, 0.717) is 12.2 Å². The molecule has 3 aromatic rings. The SMILES string of the molecule is Cc1ccc(CCNC(=O)N(c2ccccc2)c2ccc(N)cc2)cc1. The van der Waals surface area contributed by atoms with Gasteiger partial charge in [0.25, 0.3) is 0 Å². The van der Waals surface area contributed by atoms with Crippen LogP contribution in [-0.2, 0) is 6.42 Å². The number of hydrogen-bond donors (Lipinski definition) is 2. The van der Waals surface area contributed by atoms with E-state index >= 15 is 0 Å². The van der Waals surface area contributed by atoms with Gasteiger partial charge in [0.15, 0.2) is 0 Å². The second kappa shape index (κ2) is 8.21. The molecule has 4 nitrogen and oxygen atoms in total. The predicted octanol–water partition coefficient (Wildman–Crippen LogP) is 4.67. The van der Waals surface area contributed by atoms with E-state index in [-0.39, 0.29) is 6.03 Å². The van der Waals surface area contributed by atoms with Crippen LogP contribution in [0.4, 0.5) is 21.9 Å². The van der Waals surface area contributed by atoms with E-state index in [4.69, 9.17) is 5.73 Å². The summed E-state index contributed by atoms with van der Waals surface area (Å²) >= 11 is 0. The van der Waals surface area contributed by atoms with Gasteiger partial charge in [-0.25, -0.2) is 4.79 Å². The molecule has 0 atom stereocenters. The van der Waals surface area contributed by atoms with Crippen LogP contribution in [0.3, 0.4) is 0 Å². The fourth-order valence-corrected chi connectivity index (χ4v) is 2.73. The van der Waals surface area contributed by atoms with Crippen LogP contribution in [0.15, 0.2) is 78.9 Å². The van der Waals surface area contributed by atoms with Gasteiger partial charge in [-0.3, -0.25) is 4.90 Å². The predicted molar refractivity (Wildman–Crippen MR) is 108 cm³/mol. The molecule has 0 aliphatic rings. The average Bonchev–Trinajstić information content (AvgIpc) is 2.66. The van der Waals surface area contributed by atoms with Gasteiger partial charge in [0.2, 0.25) is 0 Å². The molecule has 4 heteroatoms. The van der Waals surface area contributed by atoms with E-state index in [1.54, 1.807) is 17.0 Å². The molecule has 3 aromatic carbocycles. The number of nitrogen functional groups attached to an aromatic ring is 1. The summed E-state index contributed by atoms with van der Waals surface area (Å²) in [5.74, 6) is 0. The largest absolute Gasteiger partial charge is 0.399 e. The molecule has 0 aliphatic heterocycles. The van der Waals surface area contributed by atoms with E-state index in [1.165, 1.54) is 11.1 Å². The van der Waals surface area contributed by atoms with Crippen molar-refractivity contribution in [3.05, 3.63) is 90.0 Å². The first-order valence-corrected chi connectivity index (χ1v) is 8.67. The number of nitrogens with zero attached hydrogens (tertiary/aromatic N) is 1. The van der Waals surface area contributed by atoms with Crippen LogP contribution >= 0.6 is 0 Å². The number of hydrogen-bond acceptors (Lipinski definition) is 2. The summed E-state index contributed by atoms with van der Waals surface area (Å²) in [6.07, 6.45) is 0.788. The molecule has 0 radical (unpaired) electrons. The fourth-order valence-electron chi connectivity index (χ4n) is 2.73. The lowest BCUT2D eigenvalue weighted by atomic mass is 10.1. The van der Waals surface area contributed by atoms with Crippen molar-refractivity contribution in [3.8, 4) is 0 Å². The molecular weight excluding hydrogens is 322 g/mol. The number of benzene rings is 3. The molecule has 26 heavy (non-hydrogen) atoms. The molecule has 0 fully saturated rings. The highest BCUT2D eigenvalue weighted by atomic mass is 16.2. The fraction of sp³-hybridized carbons (Fsp3) is 0.136. The zero-order valence-electron chi connectivity index (χ0n) is 14.9. The number of anilines is 3. The smallest absolute Gasteiger partial charge is 0.326 e. The van der Waals surface area contributed by atoms with E-state index in [0.717, 1.165) is 17.8 Å². The van der Waals surface area contributed by atoms with E-state index in [9.17, 15) is 4.79 Å². The Balaban J connectivity index is 1.72. The monoisotopic (exact) mass is 345 g/mol. The van der Waals surface area contributed by atoms with Crippen LogP contribution < -0.4 is 16.0 Å². The third-order valence-corrected chi connectivity index (χ3v) is 4.18. The molecule has 0 heterocycles. The summed E-state index contributed by atoms with van der Waals surface area (Å²) in [6.45, 7) is 2.64. The topological polar surface area (TPSA) is 58.4 Å². The summed E-state index contributed by atoms with van der Waals surface area (Å²) < 4.78 is 0. The molecule has 0 aromatic heterocycles. The summed E-state index contributed by atoms with van der Waals surface area (Å²) in [5.41, 5.74) is 10.5. The van der Waals surface area contributed by atoms with Crippen LogP contribution in [0.2, 0.25) is 0 Å². The number of para-hydroxylation sites is 1. The van der Waals surface area contributed by atoms with Crippen LogP contribution in [0.25, 0.3) is 0 Å². The molecular formula is C22H23N3O. The maximum atomic E-state index is 12.9. The Morgan fingerprint density at radius 2 is 1.50 bits per heavy atom. The van der Waals surface area contributed by atoms with Gasteiger partial charge >= 0.3 is 6.03 Å². The molecule has 132 valence electrons. The van der Waals surface area contributed by atoms with Crippen molar-refractivity contribution in [3.63, 3.8) is 0 Å². The number of carbonyl (C=O) groups is 1. The molecule has 2 amide bonds. The van der Waals surface area contributed by atoms with Crippen LogP contribution in [-0.4, -0.2) is 12.6 Å². The third kappa shape index (κ3) is 4.42. The summed E-state index contributed by atoms with van der Waals surface area (Å²) in [5, 5.41) is 3.01. The number of aryl methyl sites for hydroxylation is 1. The second-order valence-corrected chi connectivity index (χ2v) is 6.23. The van der Waals surface area contributed by atoms with Gasteiger partial charge in [-0.15, -0.1) is 0 Å². The number of urea groups is 1. The minimum absolute atomic E-state index is 0.159. The molecule has 0 saturated heterocycles. The van der Waals surface area contributed by atoms with Gasteiger partial charge in [-0.2, -0.15) is 0 Å². The third-order valence-electron chi connectivity index (χ3n) is 4.18. The Morgan fingerprint density at radius 3 is 2.15 bits per heavy atom. The Labute approximate surface area is 154 Å². The van der Waals surface area contributed by atoms with Gasteiger partial charge in [-0.1, -0.05) is 48.0 Å². The Hall–Kier alpha value is -3.27. The van der Waals surface area contributed by atoms with Crippen molar-refractivity contribution >= 4 is 23.1 Å². The highest BCUT2D eigenvalue weighted by Crippen LogP contribution is 2.26. The Bertz CT molecular complexity index is 843. The quantitative estimate of drug-likeness (QED) is 0.660. The number of nitrogens with one attached hydrogen (secondary N) is 1. The minimum Gasteiger partial charge on any atom is -0.399 e. The summed E-state index contributed by atoms with van der Waals surface area (Å²) in [6, 6.07) is 25.1. The van der Waals surface area contributed by atoms with Gasteiger partial charge < -0.3 is 11.1 Å². The van der Waals surface area contributed by atoms with Gasteiger partial charge in [0, 0.05) is 12.2 Å². The highest BCUT2D eigenvalue weighted by Gasteiger charge is 2.17. The maximum absolute atomic E-state index is 12.9. The normalized spacial score (nSPS) is 10.3. The van der Waals surface area contributed by atoms with Crippen molar-refractivity contribution in [2.24, 2.45) is 0 Å². The van der Waals surface area contributed by atoms with E-state index in [2.05, 4.69) is 36.5 Å². The second-order valence-electron chi connectivity index (χ2n) is 6.23. The zero-order valence-corrected chi connectivity index (χ0v) is 14.9. The van der Waals surface area contributed by atoms with Crippen molar-refractivity contribution in [1.29, 1.82) is 0 Å². The lowest BCUT2D eigenvalue weighted by Gasteiger charge is -2.23. The number of carbonyl (C=O) groups excluding carboxylic acids is 1. The number of amides is 2. The van der Waals surface area contributed by atoms with Gasteiger partial charge in [-0.05, 0) is 55.3 Å². The lowest BCUT2D eigenvalue weighted by molar-refractivity contribution is 0.248. The van der Waals surface area contributed by atoms with E-state index < -0.39 is 0 Å². The standard InChI is InChI=1S/C22H23N3O/c1-17-7-9-18(10-8-17)15-16-24-22(26)25(20-5-3-2-4-6-20)21-13-11-19(23)12-14-21/h2-14H,15-16,23H2,1H3,(H,24,26). The van der Waals surface area contributed by atoms with Crippen molar-refractivity contribution in [2.45, 2.75) is 13.3 Å². The van der Waals surface area contributed by atoms with E-state index in [1.807, 2.05) is 42.5 Å².